The zero-order valence-electron chi connectivity index (χ0n) is 14.3. The number of aryl methyl sites for hydroxylation is 2. The summed E-state index contributed by atoms with van der Waals surface area (Å²) in [4.78, 5) is 0. The first kappa shape index (κ1) is 16.9. The van der Waals surface area contributed by atoms with E-state index in [9.17, 15) is 0 Å². The molecule has 0 bridgehead atoms. The van der Waals surface area contributed by atoms with E-state index < -0.39 is 0 Å². The number of allylic oxidation sites excluding steroid dienone is 1. The van der Waals surface area contributed by atoms with Gasteiger partial charge in [0.2, 0.25) is 0 Å². The standard InChI is InChI=1S/C20H24O3/c1-5-6-17-7-8-19(20(14-17)21-4)23-10-9-22-18-12-15(2)11-16(3)13-18/h5-8,11-14H,9-10H2,1-4H3/b6-5+. The van der Waals surface area contributed by atoms with Crippen LogP contribution in [0.1, 0.15) is 23.6 Å². The zero-order chi connectivity index (χ0) is 16.7. The SMILES string of the molecule is C/C=C/c1ccc(OCCOc2cc(C)cc(C)c2)c(OC)c1. The highest BCUT2D eigenvalue weighted by Gasteiger charge is 2.05. The highest BCUT2D eigenvalue weighted by molar-refractivity contribution is 5.55. The zero-order valence-corrected chi connectivity index (χ0v) is 14.3. The number of ether oxygens (including phenoxy) is 3. The molecule has 2 rings (SSSR count). The van der Waals surface area contributed by atoms with Crippen molar-refractivity contribution in [2.75, 3.05) is 20.3 Å². The van der Waals surface area contributed by atoms with E-state index >= 15 is 0 Å². The largest absolute Gasteiger partial charge is 0.493 e. The molecule has 0 amide bonds. The van der Waals surface area contributed by atoms with Crippen LogP contribution in [0.4, 0.5) is 0 Å². The third-order valence-corrected chi connectivity index (χ3v) is 3.35. The van der Waals surface area contributed by atoms with E-state index in [0.29, 0.717) is 13.2 Å². The Bertz CT molecular complexity index is 654. The molecule has 0 fully saturated rings. The first-order valence-corrected chi connectivity index (χ1v) is 7.77. The summed E-state index contributed by atoms with van der Waals surface area (Å²) >= 11 is 0. The van der Waals surface area contributed by atoms with E-state index in [1.54, 1.807) is 7.11 Å². The van der Waals surface area contributed by atoms with Crippen LogP contribution in [0.3, 0.4) is 0 Å². The topological polar surface area (TPSA) is 27.7 Å². The van der Waals surface area contributed by atoms with Gasteiger partial charge in [-0.1, -0.05) is 24.3 Å². The van der Waals surface area contributed by atoms with Crippen molar-refractivity contribution < 1.29 is 14.2 Å². The molecule has 0 saturated heterocycles. The Kier molecular flexibility index (Phi) is 6.10. The van der Waals surface area contributed by atoms with Crippen molar-refractivity contribution in [3.8, 4) is 17.2 Å². The van der Waals surface area contributed by atoms with Crippen molar-refractivity contribution >= 4 is 6.08 Å². The number of methoxy groups -OCH3 is 1. The van der Waals surface area contributed by atoms with Crippen LogP contribution >= 0.6 is 0 Å². The van der Waals surface area contributed by atoms with Crippen molar-refractivity contribution in [2.45, 2.75) is 20.8 Å². The van der Waals surface area contributed by atoms with E-state index in [4.69, 9.17) is 14.2 Å². The molecule has 0 spiro atoms. The summed E-state index contributed by atoms with van der Waals surface area (Å²) in [5.41, 5.74) is 3.48. The third kappa shape index (κ3) is 5.06. The van der Waals surface area contributed by atoms with E-state index in [2.05, 4.69) is 19.9 Å². The Hall–Kier alpha value is -2.42. The van der Waals surface area contributed by atoms with Crippen LogP contribution in [0.5, 0.6) is 17.2 Å². The van der Waals surface area contributed by atoms with Crippen molar-refractivity contribution in [1.29, 1.82) is 0 Å². The van der Waals surface area contributed by atoms with Gasteiger partial charge < -0.3 is 14.2 Å². The first-order chi connectivity index (χ1) is 11.1. The second-order valence-electron chi connectivity index (χ2n) is 5.43. The predicted molar refractivity (Wildman–Crippen MR) is 94.6 cm³/mol. The monoisotopic (exact) mass is 312 g/mol. The van der Waals surface area contributed by atoms with E-state index in [0.717, 1.165) is 22.8 Å². The summed E-state index contributed by atoms with van der Waals surface area (Å²) in [6, 6.07) is 12.1. The van der Waals surface area contributed by atoms with Gasteiger partial charge in [0.05, 0.1) is 7.11 Å². The second kappa shape index (κ2) is 8.28. The van der Waals surface area contributed by atoms with Crippen LogP contribution in [-0.2, 0) is 0 Å². The molecule has 0 radical (unpaired) electrons. The quantitative estimate of drug-likeness (QED) is 0.687. The Morgan fingerprint density at radius 1 is 0.870 bits per heavy atom. The minimum absolute atomic E-state index is 0.465. The van der Waals surface area contributed by atoms with Crippen molar-refractivity contribution in [3.63, 3.8) is 0 Å². The van der Waals surface area contributed by atoms with Gasteiger partial charge in [-0.3, -0.25) is 0 Å². The summed E-state index contributed by atoms with van der Waals surface area (Å²) < 4.78 is 16.9. The number of rotatable bonds is 7. The smallest absolute Gasteiger partial charge is 0.161 e. The molecule has 23 heavy (non-hydrogen) atoms. The molecule has 0 N–H and O–H groups in total. The van der Waals surface area contributed by atoms with Gasteiger partial charge in [0.25, 0.3) is 0 Å². The molecule has 0 aliphatic rings. The molecule has 3 nitrogen and oxygen atoms in total. The molecule has 3 heteroatoms. The van der Waals surface area contributed by atoms with Gasteiger partial charge in [-0.2, -0.15) is 0 Å². The van der Waals surface area contributed by atoms with Crippen molar-refractivity contribution in [3.05, 3.63) is 59.2 Å². The normalized spacial score (nSPS) is 10.8. The molecule has 0 unspecified atom stereocenters. The summed E-state index contributed by atoms with van der Waals surface area (Å²) in [7, 11) is 1.65. The Morgan fingerprint density at radius 2 is 1.57 bits per heavy atom. The predicted octanol–water partition coefficient (Wildman–Crippen LogP) is 4.80. The molecule has 0 saturated carbocycles. The average molecular weight is 312 g/mol. The highest BCUT2D eigenvalue weighted by atomic mass is 16.5. The van der Waals surface area contributed by atoms with Crippen LogP contribution in [0, 0.1) is 13.8 Å². The maximum Gasteiger partial charge on any atom is 0.161 e. The van der Waals surface area contributed by atoms with Gasteiger partial charge in [-0.15, -0.1) is 0 Å². The molecular weight excluding hydrogens is 288 g/mol. The molecule has 0 heterocycles. The van der Waals surface area contributed by atoms with Gasteiger partial charge in [0, 0.05) is 0 Å². The summed E-state index contributed by atoms with van der Waals surface area (Å²) in [6.07, 6.45) is 4.02. The van der Waals surface area contributed by atoms with Crippen LogP contribution in [0.25, 0.3) is 6.08 Å². The number of hydrogen-bond acceptors (Lipinski definition) is 3. The van der Waals surface area contributed by atoms with Gasteiger partial charge in [-0.25, -0.2) is 0 Å². The molecule has 0 aromatic heterocycles. The summed E-state index contributed by atoms with van der Waals surface area (Å²) in [5.74, 6) is 2.33. The maximum absolute atomic E-state index is 5.77. The Balaban J connectivity index is 1.90. The lowest BCUT2D eigenvalue weighted by molar-refractivity contribution is 0.211. The molecule has 0 aliphatic heterocycles. The molecule has 0 atom stereocenters. The van der Waals surface area contributed by atoms with Gasteiger partial charge in [0.15, 0.2) is 11.5 Å². The number of benzene rings is 2. The third-order valence-electron chi connectivity index (χ3n) is 3.35. The lowest BCUT2D eigenvalue weighted by Crippen LogP contribution is -2.09. The van der Waals surface area contributed by atoms with Crippen molar-refractivity contribution in [1.82, 2.24) is 0 Å². The van der Waals surface area contributed by atoms with Crippen LogP contribution < -0.4 is 14.2 Å². The van der Waals surface area contributed by atoms with Crippen LogP contribution in [-0.4, -0.2) is 20.3 Å². The second-order valence-corrected chi connectivity index (χ2v) is 5.43. The Labute approximate surface area is 138 Å². The van der Waals surface area contributed by atoms with E-state index in [1.165, 1.54) is 11.1 Å². The minimum atomic E-state index is 0.465. The van der Waals surface area contributed by atoms with Crippen LogP contribution in [0.15, 0.2) is 42.5 Å². The molecule has 0 aliphatic carbocycles. The first-order valence-electron chi connectivity index (χ1n) is 7.77. The van der Waals surface area contributed by atoms with Gasteiger partial charge >= 0.3 is 0 Å². The highest BCUT2D eigenvalue weighted by Crippen LogP contribution is 2.28. The lowest BCUT2D eigenvalue weighted by atomic mass is 10.1. The number of hydrogen-bond donors (Lipinski definition) is 0. The van der Waals surface area contributed by atoms with E-state index in [-0.39, 0.29) is 0 Å². The minimum Gasteiger partial charge on any atom is -0.493 e. The van der Waals surface area contributed by atoms with Crippen LogP contribution in [0.2, 0.25) is 0 Å². The summed E-state index contributed by atoms with van der Waals surface area (Å²) in [6.45, 7) is 7.07. The fourth-order valence-corrected chi connectivity index (χ4v) is 2.43. The fraction of sp³-hybridized carbons (Fsp3) is 0.300. The molecule has 2 aromatic rings. The van der Waals surface area contributed by atoms with Crippen molar-refractivity contribution in [2.24, 2.45) is 0 Å². The lowest BCUT2D eigenvalue weighted by Gasteiger charge is -2.12. The Morgan fingerprint density at radius 3 is 2.22 bits per heavy atom. The maximum atomic E-state index is 5.77. The molecule has 2 aromatic carbocycles. The fourth-order valence-electron chi connectivity index (χ4n) is 2.43. The van der Waals surface area contributed by atoms with E-state index in [1.807, 2.05) is 49.4 Å². The average Bonchev–Trinajstić information content (AvgIpc) is 2.52. The summed E-state index contributed by atoms with van der Waals surface area (Å²) in [5, 5.41) is 0. The molecule has 122 valence electrons. The van der Waals surface area contributed by atoms with Gasteiger partial charge in [-0.05, 0) is 61.7 Å². The molecular formula is C20H24O3. The van der Waals surface area contributed by atoms with Gasteiger partial charge in [0.1, 0.15) is 19.0 Å².